The van der Waals surface area contributed by atoms with Crippen LogP contribution in [0.25, 0.3) is 0 Å². The Hall–Kier alpha value is -3.32. The van der Waals surface area contributed by atoms with Crippen molar-refractivity contribution < 1.29 is 34.2 Å². The normalized spacial score (nSPS) is 24.1. The van der Waals surface area contributed by atoms with E-state index < -0.39 is 48.0 Å². The summed E-state index contributed by atoms with van der Waals surface area (Å²) in [7, 11) is 0. The van der Waals surface area contributed by atoms with Crippen LogP contribution in [0.15, 0.2) is 24.3 Å². The second-order valence-electron chi connectivity index (χ2n) is 10.6. The van der Waals surface area contributed by atoms with Gasteiger partial charge in [-0.25, -0.2) is 4.79 Å². The lowest BCUT2D eigenvalue weighted by atomic mass is 10.1. The van der Waals surface area contributed by atoms with E-state index in [9.17, 15) is 34.2 Å². The monoisotopic (exact) mass is 575 g/mol. The van der Waals surface area contributed by atoms with Gasteiger partial charge in [0.2, 0.25) is 23.6 Å². The third-order valence-corrected chi connectivity index (χ3v) is 8.35. The van der Waals surface area contributed by atoms with Crippen LogP contribution < -0.4 is 11.1 Å². The van der Waals surface area contributed by atoms with Gasteiger partial charge in [0.05, 0.1) is 6.04 Å². The Bertz CT molecular complexity index is 1130. The van der Waals surface area contributed by atoms with Crippen LogP contribution in [-0.4, -0.2) is 110 Å². The molecule has 1 aromatic rings. The zero-order valence-corrected chi connectivity index (χ0v) is 23.2. The van der Waals surface area contributed by atoms with Gasteiger partial charge < -0.3 is 36.0 Å². The maximum Gasteiger partial charge on any atom is 0.326 e. The highest BCUT2D eigenvalue weighted by molar-refractivity contribution is 7.80. The topological polar surface area (TPSA) is 174 Å². The molecule has 0 saturated carbocycles. The predicted octanol–water partition coefficient (Wildman–Crippen LogP) is -0.266. The number of carboxylic acids is 1. The molecule has 0 unspecified atom stereocenters. The van der Waals surface area contributed by atoms with Crippen molar-refractivity contribution in [3.05, 3.63) is 29.8 Å². The van der Waals surface area contributed by atoms with Crippen LogP contribution in [0.5, 0.6) is 5.75 Å². The van der Waals surface area contributed by atoms with E-state index in [1.807, 2.05) is 0 Å². The van der Waals surface area contributed by atoms with Crippen LogP contribution in [0.2, 0.25) is 0 Å². The molecule has 40 heavy (non-hydrogen) atoms. The fourth-order valence-corrected chi connectivity index (χ4v) is 6.14. The van der Waals surface area contributed by atoms with Crippen LogP contribution in [0, 0.1) is 0 Å². The fourth-order valence-electron chi connectivity index (χ4n) is 5.89. The Morgan fingerprint density at radius 1 is 0.875 bits per heavy atom. The van der Waals surface area contributed by atoms with Crippen LogP contribution >= 0.6 is 12.6 Å². The third kappa shape index (κ3) is 6.35. The van der Waals surface area contributed by atoms with Gasteiger partial charge in [-0.3, -0.25) is 19.2 Å². The molecule has 4 amide bonds. The van der Waals surface area contributed by atoms with Gasteiger partial charge in [-0.2, -0.15) is 12.6 Å². The number of hydrogen-bond acceptors (Lipinski definition) is 8. The molecular formula is C27H37N5O7S. The van der Waals surface area contributed by atoms with E-state index >= 15 is 0 Å². The molecular weight excluding hydrogens is 538 g/mol. The molecule has 0 aliphatic carbocycles. The largest absolute Gasteiger partial charge is 0.508 e. The van der Waals surface area contributed by atoms with Crippen molar-refractivity contribution in [3.63, 3.8) is 0 Å². The van der Waals surface area contributed by atoms with Gasteiger partial charge in [0.15, 0.2) is 0 Å². The number of carboxylic acid groups (broad SMARTS) is 1. The van der Waals surface area contributed by atoms with E-state index in [0.717, 1.165) is 5.56 Å². The summed E-state index contributed by atoms with van der Waals surface area (Å²) in [5.74, 6) is -2.60. The summed E-state index contributed by atoms with van der Waals surface area (Å²) in [6.45, 7) is 1.04. The molecule has 0 radical (unpaired) electrons. The highest BCUT2D eigenvalue weighted by Gasteiger charge is 2.46. The first-order valence-corrected chi connectivity index (χ1v) is 14.3. The van der Waals surface area contributed by atoms with Crippen molar-refractivity contribution in [2.24, 2.45) is 5.73 Å². The van der Waals surface area contributed by atoms with Crippen LogP contribution in [0.4, 0.5) is 0 Å². The molecule has 1 aromatic carbocycles. The molecule has 0 spiro atoms. The highest BCUT2D eigenvalue weighted by Crippen LogP contribution is 2.28. The molecule has 5 N–H and O–H groups in total. The van der Waals surface area contributed by atoms with Crippen molar-refractivity contribution in [1.29, 1.82) is 0 Å². The van der Waals surface area contributed by atoms with Crippen molar-refractivity contribution >= 4 is 42.2 Å². The summed E-state index contributed by atoms with van der Waals surface area (Å²) >= 11 is 4.26. The minimum atomic E-state index is -1.04. The number of aromatic hydroxyl groups is 1. The highest BCUT2D eigenvalue weighted by atomic mass is 32.1. The number of nitrogens with two attached hydrogens (primary N) is 1. The van der Waals surface area contributed by atoms with Gasteiger partial charge in [-0.1, -0.05) is 12.1 Å². The standard InChI is InChI=1S/C27H37N5O7S/c28-18(14-16-7-9-17(33)10-8-16)23(34)29-19(15-40)24(35)30-11-1-4-20(30)25(36)31-12-2-5-21(31)26(37)32-13-3-6-22(32)27(38)39/h7-10,18-22,33,40H,1-6,11-15,28H2,(H,29,34)(H,38,39)/t18-,19-,20-,21-,22-/m0/s1. The third-order valence-electron chi connectivity index (χ3n) is 7.99. The lowest BCUT2D eigenvalue weighted by Crippen LogP contribution is -2.58. The number of nitrogens with one attached hydrogen (secondary N) is 1. The molecule has 218 valence electrons. The summed E-state index contributed by atoms with van der Waals surface area (Å²) < 4.78 is 0. The first-order chi connectivity index (χ1) is 19.1. The molecule has 5 atom stereocenters. The van der Waals surface area contributed by atoms with E-state index in [1.54, 1.807) is 12.1 Å². The first-order valence-electron chi connectivity index (χ1n) is 13.7. The van der Waals surface area contributed by atoms with Gasteiger partial charge in [-0.05, 0) is 62.6 Å². The Kier molecular flexibility index (Phi) is 9.56. The Morgan fingerprint density at radius 3 is 1.93 bits per heavy atom. The van der Waals surface area contributed by atoms with E-state index in [2.05, 4.69) is 17.9 Å². The fraction of sp³-hybridized carbons (Fsp3) is 0.593. The Labute approximate surface area is 238 Å². The molecule has 13 heteroatoms. The number of phenolic OH excluding ortho intramolecular Hbond substituents is 1. The number of carbonyl (C=O) groups is 5. The second kappa shape index (κ2) is 12.9. The van der Waals surface area contributed by atoms with Crippen molar-refractivity contribution in [1.82, 2.24) is 20.0 Å². The second-order valence-corrected chi connectivity index (χ2v) is 11.0. The molecule has 3 aliphatic rings. The van der Waals surface area contributed by atoms with Gasteiger partial charge in [0.25, 0.3) is 0 Å². The Balaban J connectivity index is 1.40. The number of aliphatic carboxylic acids is 1. The average molecular weight is 576 g/mol. The number of amides is 4. The summed E-state index contributed by atoms with van der Waals surface area (Å²) in [6.07, 6.45) is 3.28. The summed E-state index contributed by atoms with van der Waals surface area (Å²) in [4.78, 5) is 69.2. The molecule has 3 fully saturated rings. The molecule has 4 rings (SSSR count). The average Bonchev–Trinajstić information content (AvgIpc) is 3.72. The Morgan fingerprint density at radius 2 is 1.38 bits per heavy atom. The molecule has 3 saturated heterocycles. The van der Waals surface area contributed by atoms with Gasteiger partial charge in [0.1, 0.15) is 29.9 Å². The maximum absolute atomic E-state index is 13.7. The molecule has 12 nitrogen and oxygen atoms in total. The summed E-state index contributed by atoms with van der Waals surface area (Å²) in [6, 6.07) is 1.98. The number of likely N-dealkylation sites (tertiary alicyclic amines) is 3. The first kappa shape index (κ1) is 29.7. The number of phenols is 1. The number of rotatable bonds is 9. The van der Waals surface area contributed by atoms with Gasteiger partial charge in [-0.15, -0.1) is 0 Å². The lowest BCUT2D eigenvalue weighted by molar-refractivity contribution is -0.153. The van der Waals surface area contributed by atoms with Crippen molar-refractivity contribution in [2.75, 3.05) is 25.4 Å². The van der Waals surface area contributed by atoms with Crippen molar-refractivity contribution in [2.45, 2.75) is 75.2 Å². The maximum atomic E-state index is 13.7. The van der Waals surface area contributed by atoms with E-state index in [4.69, 9.17) is 5.73 Å². The predicted molar refractivity (Wildman–Crippen MR) is 147 cm³/mol. The number of nitrogens with zero attached hydrogens (tertiary/aromatic N) is 3. The number of carbonyl (C=O) groups excluding carboxylic acids is 4. The van der Waals surface area contributed by atoms with Gasteiger partial charge >= 0.3 is 5.97 Å². The molecule has 0 bridgehead atoms. The van der Waals surface area contributed by atoms with E-state index in [-0.39, 0.29) is 29.7 Å². The van der Waals surface area contributed by atoms with E-state index in [0.29, 0.717) is 58.2 Å². The zero-order valence-electron chi connectivity index (χ0n) is 22.3. The zero-order chi connectivity index (χ0) is 29.0. The lowest BCUT2D eigenvalue weighted by Gasteiger charge is -2.34. The summed E-state index contributed by atoms with van der Waals surface area (Å²) in [5, 5.41) is 21.6. The van der Waals surface area contributed by atoms with Crippen LogP contribution in [0.1, 0.15) is 44.1 Å². The SMILES string of the molecule is N[C@@H](Cc1ccc(O)cc1)C(=O)N[C@@H](CS)C(=O)N1CCC[C@H]1C(=O)N1CCC[C@H]1C(=O)N1CCC[C@H]1C(=O)O. The summed E-state index contributed by atoms with van der Waals surface area (Å²) in [5.41, 5.74) is 6.82. The van der Waals surface area contributed by atoms with Gasteiger partial charge in [0, 0.05) is 25.4 Å². The van der Waals surface area contributed by atoms with Crippen molar-refractivity contribution in [3.8, 4) is 5.75 Å². The number of thiol groups is 1. The van der Waals surface area contributed by atoms with E-state index in [1.165, 1.54) is 26.8 Å². The molecule has 3 aliphatic heterocycles. The number of benzene rings is 1. The van der Waals surface area contributed by atoms with Crippen LogP contribution in [0.3, 0.4) is 0 Å². The number of hydrogen-bond donors (Lipinski definition) is 5. The minimum absolute atomic E-state index is 0.00424. The van der Waals surface area contributed by atoms with Crippen LogP contribution in [-0.2, 0) is 30.4 Å². The minimum Gasteiger partial charge on any atom is -0.508 e. The smallest absolute Gasteiger partial charge is 0.326 e. The molecule has 0 aromatic heterocycles. The molecule has 3 heterocycles. The quantitative estimate of drug-likeness (QED) is 0.250.